The second kappa shape index (κ2) is 6.81. The smallest absolute Gasteiger partial charge is 0.230 e. The highest BCUT2D eigenvalue weighted by Gasteiger charge is 2.39. The molecule has 25 heavy (non-hydrogen) atoms. The molecule has 138 valence electrons. The minimum Gasteiger partial charge on any atom is -0.337 e. The number of rotatable bonds is 3. The van der Waals surface area contributed by atoms with Crippen LogP contribution in [0.3, 0.4) is 0 Å². The first-order valence-electron chi connectivity index (χ1n) is 9.43. The summed E-state index contributed by atoms with van der Waals surface area (Å²) in [5.41, 5.74) is 0.673. The van der Waals surface area contributed by atoms with Gasteiger partial charge in [-0.3, -0.25) is 9.59 Å². The summed E-state index contributed by atoms with van der Waals surface area (Å²) >= 11 is 0. The first-order chi connectivity index (χ1) is 11.8. The van der Waals surface area contributed by atoms with E-state index in [0.717, 1.165) is 24.4 Å². The monoisotopic (exact) mass is 346 g/mol. The highest BCUT2D eigenvalue weighted by atomic mass is 16.2. The third kappa shape index (κ3) is 3.88. The quantitative estimate of drug-likeness (QED) is 0.913. The van der Waals surface area contributed by atoms with Crippen LogP contribution < -0.4 is 5.32 Å². The summed E-state index contributed by atoms with van der Waals surface area (Å²) in [6.45, 7) is 8.46. The summed E-state index contributed by atoms with van der Waals surface area (Å²) in [5.74, 6) is 0.472. The normalized spacial score (nSPS) is 22.5. The molecule has 0 aromatic carbocycles. The number of amides is 2. The molecule has 1 aromatic heterocycles. The van der Waals surface area contributed by atoms with Crippen LogP contribution in [0.2, 0.25) is 0 Å². The Morgan fingerprint density at radius 1 is 1.24 bits per heavy atom. The van der Waals surface area contributed by atoms with Crippen LogP contribution in [0.5, 0.6) is 0 Å². The Hall–Kier alpha value is -1.85. The molecule has 3 rings (SSSR count). The zero-order valence-electron chi connectivity index (χ0n) is 15.8. The molecule has 1 aliphatic carbocycles. The first-order valence-corrected chi connectivity index (χ1v) is 9.43. The Balaban J connectivity index is 1.70. The van der Waals surface area contributed by atoms with Crippen molar-refractivity contribution in [1.29, 1.82) is 0 Å². The van der Waals surface area contributed by atoms with Crippen LogP contribution in [-0.4, -0.2) is 38.6 Å². The number of carbonyl (C=O) groups is 2. The van der Waals surface area contributed by atoms with Crippen molar-refractivity contribution in [2.45, 2.75) is 77.8 Å². The van der Waals surface area contributed by atoms with Gasteiger partial charge in [0.25, 0.3) is 0 Å². The molecule has 2 aliphatic rings. The fourth-order valence-corrected chi connectivity index (χ4v) is 3.97. The summed E-state index contributed by atoms with van der Waals surface area (Å²) in [4.78, 5) is 26.8. The number of nitrogens with zero attached hydrogens (tertiary/aromatic N) is 3. The molecular weight excluding hydrogens is 316 g/mol. The molecule has 1 unspecified atom stereocenters. The summed E-state index contributed by atoms with van der Waals surface area (Å²) in [5, 5.41) is 7.65. The van der Waals surface area contributed by atoms with Crippen LogP contribution in [-0.2, 0) is 9.59 Å². The van der Waals surface area contributed by atoms with Crippen molar-refractivity contribution in [3.63, 3.8) is 0 Å². The van der Waals surface area contributed by atoms with Gasteiger partial charge in [-0.15, -0.1) is 0 Å². The third-order valence-electron chi connectivity index (χ3n) is 5.34. The molecule has 6 nitrogen and oxygen atoms in total. The summed E-state index contributed by atoms with van der Waals surface area (Å²) < 4.78 is 1.99. The van der Waals surface area contributed by atoms with E-state index in [1.165, 1.54) is 19.3 Å². The van der Waals surface area contributed by atoms with Gasteiger partial charge in [-0.05, 0) is 40.5 Å². The molecule has 1 atom stereocenters. The lowest BCUT2D eigenvalue weighted by molar-refractivity contribution is -0.131. The molecule has 1 aliphatic heterocycles. The van der Waals surface area contributed by atoms with E-state index in [1.54, 1.807) is 4.90 Å². The van der Waals surface area contributed by atoms with E-state index in [9.17, 15) is 9.59 Å². The van der Waals surface area contributed by atoms with Crippen molar-refractivity contribution < 1.29 is 9.59 Å². The lowest BCUT2D eigenvalue weighted by Crippen LogP contribution is -2.42. The zero-order valence-corrected chi connectivity index (χ0v) is 15.8. The average Bonchev–Trinajstić information content (AvgIpc) is 3.11. The van der Waals surface area contributed by atoms with Crippen molar-refractivity contribution in [2.24, 2.45) is 5.92 Å². The Kier molecular flexibility index (Phi) is 4.89. The van der Waals surface area contributed by atoms with E-state index in [-0.39, 0.29) is 23.3 Å². The summed E-state index contributed by atoms with van der Waals surface area (Å²) in [6, 6.07) is 2.30. The standard InChI is InChI=1S/C19H30N4O2/c1-13-10-16(23(21-13)15-8-6-5-7-9-15)20-18(25)14-11-17(24)22(12-14)19(2,3)4/h10,14-15H,5-9,11-12H2,1-4H3,(H,20,25). The first kappa shape index (κ1) is 18.0. The predicted octanol–water partition coefficient (Wildman–Crippen LogP) is 3.28. The number of carbonyl (C=O) groups excluding carboxylic acids is 2. The van der Waals surface area contributed by atoms with E-state index >= 15 is 0 Å². The Morgan fingerprint density at radius 2 is 1.92 bits per heavy atom. The van der Waals surface area contributed by atoms with Gasteiger partial charge in [0.2, 0.25) is 11.8 Å². The molecule has 2 amide bonds. The van der Waals surface area contributed by atoms with Crippen LogP contribution >= 0.6 is 0 Å². The van der Waals surface area contributed by atoms with Gasteiger partial charge in [0, 0.05) is 24.6 Å². The molecule has 1 saturated heterocycles. The van der Waals surface area contributed by atoms with Crippen molar-refractivity contribution in [2.75, 3.05) is 11.9 Å². The molecule has 1 N–H and O–H groups in total. The highest BCUT2D eigenvalue weighted by Crippen LogP contribution is 2.31. The van der Waals surface area contributed by atoms with E-state index in [0.29, 0.717) is 19.0 Å². The lowest BCUT2D eigenvalue weighted by Gasteiger charge is -2.32. The Morgan fingerprint density at radius 3 is 2.52 bits per heavy atom. The lowest BCUT2D eigenvalue weighted by atomic mass is 9.96. The summed E-state index contributed by atoms with van der Waals surface area (Å²) in [7, 11) is 0. The van der Waals surface area contributed by atoms with Gasteiger partial charge in [-0.2, -0.15) is 5.10 Å². The molecule has 0 bridgehead atoms. The van der Waals surface area contributed by atoms with Gasteiger partial charge < -0.3 is 10.2 Å². The fraction of sp³-hybridized carbons (Fsp3) is 0.737. The van der Waals surface area contributed by atoms with Crippen LogP contribution in [0.4, 0.5) is 5.82 Å². The molecule has 2 fully saturated rings. The molecule has 1 aromatic rings. The van der Waals surface area contributed by atoms with Crippen molar-refractivity contribution in [3.8, 4) is 0 Å². The maximum absolute atomic E-state index is 12.7. The number of likely N-dealkylation sites (tertiary alicyclic amines) is 1. The molecule has 0 radical (unpaired) electrons. The van der Waals surface area contributed by atoms with E-state index in [1.807, 2.05) is 38.4 Å². The van der Waals surface area contributed by atoms with Gasteiger partial charge in [-0.25, -0.2) is 4.68 Å². The minimum atomic E-state index is -0.290. The van der Waals surface area contributed by atoms with Gasteiger partial charge in [0.05, 0.1) is 17.7 Å². The van der Waals surface area contributed by atoms with Gasteiger partial charge in [0.1, 0.15) is 5.82 Å². The topological polar surface area (TPSA) is 67.2 Å². The number of anilines is 1. The van der Waals surface area contributed by atoms with E-state index < -0.39 is 0 Å². The van der Waals surface area contributed by atoms with E-state index in [4.69, 9.17) is 0 Å². The van der Waals surface area contributed by atoms with Crippen LogP contribution in [0.15, 0.2) is 6.07 Å². The van der Waals surface area contributed by atoms with Crippen LogP contribution in [0.1, 0.15) is 71.0 Å². The second-order valence-corrected chi connectivity index (χ2v) is 8.47. The SMILES string of the molecule is Cc1cc(NC(=O)C2CC(=O)N(C(C)(C)C)C2)n(C2CCCCC2)n1. The van der Waals surface area contributed by atoms with Gasteiger partial charge >= 0.3 is 0 Å². The Bertz CT molecular complexity index is 653. The van der Waals surface area contributed by atoms with Gasteiger partial charge in [-0.1, -0.05) is 19.3 Å². The van der Waals surface area contributed by atoms with Crippen molar-refractivity contribution >= 4 is 17.6 Å². The number of aromatic nitrogens is 2. The highest BCUT2D eigenvalue weighted by molar-refractivity contribution is 5.96. The molecule has 1 saturated carbocycles. The largest absolute Gasteiger partial charge is 0.337 e. The molecule has 2 heterocycles. The molecule has 0 spiro atoms. The minimum absolute atomic E-state index is 0.0598. The summed E-state index contributed by atoms with van der Waals surface area (Å²) in [6.07, 6.45) is 6.24. The number of hydrogen-bond acceptors (Lipinski definition) is 3. The maximum atomic E-state index is 12.7. The molecular formula is C19H30N4O2. The predicted molar refractivity (Wildman–Crippen MR) is 97.3 cm³/mol. The van der Waals surface area contributed by atoms with E-state index in [2.05, 4.69) is 10.4 Å². The number of nitrogens with one attached hydrogen (secondary N) is 1. The third-order valence-corrected chi connectivity index (χ3v) is 5.34. The number of hydrogen-bond donors (Lipinski definition) is 1. The van der Waals surface area contributed by atoms with Gasteiger partial charge in [0.15, 0.2) is 0 Å². The second-order valence-electron chi connectivity index (χ2n) is 8.47. The Labute approximate surface area is 149 Å². The van der Waals surface area contributed by atoms with Crippen molar-refractivity contribution in [1.82, 2.24) is 14.7 Å². The fourth-order valence-electron chi connectivity index (χ4n) is 3.97. The van der Waals surface area contributed by atoms with Crippen LogP contribution in [0, 0.1) is 12.8 Å². The zero-order chi connectivity index (χ0) is 18.2. The average molecular weight is 346 g/mol. The van der Waals surface area contributed by atoms with Crippen LogP contribution in [0.25, 0.3) is 0 Å². The maximum Gasteiger partial charge on any atom is 0.230 e. The van der Waals surface area contributed by atoms with Crippen molar-refractivity contribution in [3.05, 3.63) is 11.8 Å². The molecule has 6 heteroatoms. The number of aryl methyl sites for hydroxylation is 1.